The quantitative estimate of drug-likeness (QED) is 0.313. The van der Waals surface area contributed by atoms with Crippen molar-refractivity contribution in [3.63, 3.8) is 0 Å². The Hall–Kier alpha value is -2.83. The number of fused-ring (bicyclic) bond motifs is 1. The van der Waals surface area contributed by atoms with Crippen LogP contribution < -0.4 is 22.0 Å². The van der Waals surface area contributed by atoms with Crippen molar-refractivity contribution in [2.45, 2.75) is 6.42 Å². The molecule has 4 N–H and O–H groups in total. The zero-order valence-electron chi connectivity index (χ0n) is 13.0. The number of hydrogen-bond donors (Lipinski definition) is 2. The first-order valence-corrected chi connectivity index (χ1v) is 7.55. The van der Waals surface area contributed by atoms with E-state index < -0.39 is 5.63 Å². The van der Waals surface area contributed by atoms with Crippen LogP contribution >= 0.6 is 0 Å². The number of nitrogen functional groups attached to an aromatic ring is 1. The number of benzene rings is 2. The molecule has 1 heterocycles. The molecule has 6 nitrogen and oxygen atoms in total. The molecule has 0 radical (unpaired) electrons. The molecular formula is C18H18N2O4. The Balaban J connectivity index is 1.89. The molecule has 0 aliphatic heterocycles. The van der Waals surface area contributed by atoms with E-state index >= 15 is 0 Å². The van der Waals surface area contributed by atoms with Crippen LogP contribution in [-0.2, 0) is 4.84 Å². The third-order valence-corrected chi connectivity index (χ3v) is 3.60. The van der Waals surface area contributed by atoms with Crippen molar-refractivity contribution in [2.24, 2.45) is 5.90 Å². The zero-order valence-corrected chi connectivity index (χ0v) is 13.0. The highest BCUT2D eigenvalue weighted by Gasteiger charge is 2.08. The number of ether oxygens (including phenoxy) is 1. The Morgan fingerprint density at radius 1 is 1.00 bits per heavy atom. The average Bonchev–Trinajstić information content (AvgIpc) is 2.59. The van der Waals surface area contributed by atoms with E-state index in [-0.39, 0.29) is 0 Å². The lowest BCUT2D eigenvalue weighted by Crippen LogP contribution is -2.06. The van der Waals surface area contributed by atoms with Gasteiger partial charge in [0.1, 0.15) is 11.3 Å². The van der Waals surface area contributed by atoms with Crippen LogP contribution in [0, 0.1) is 0 Å². The summed E-state index contributed by atoms with van der Waals surface area (Å²) in [7, 11) is 0. The minimum absolute atomic E-state index is 0.402. The second-order valence-corrected chi connectivity index (χ2v) is 5.34. The Bertz CT molecular complexity index is 888. The van der Waals surface area contributed by atoms with Crippen molar-refractivity contribution < 1.29 is 14.0 Å². The SMILES string of the molecule is NOCCCOc1ccc2cc(-c3ccc(N)cc3)c(=O)oc2c1. The molecule has 1 aromatic heterocycles. The summed E-state index contributed by atoms with van der Waals surface area (Å²) in [5, 5.41) is 0.819. The van der Waals surface area contributed by atoms with E-state index in [1.807, 2.05) is 12.1 Å². The van der Waals surface area contributed by atoms with Crippen LogP contribution in [0.2, 0.25) is 0 Å². The number of rotatable bonds is 6. The van der Waals surface area contributed by atoms with Crippen LogP contribution in [0.25, 0.3) is 22.1 Å². The first-order chi connectivity index (χ1) is 11.7. The van der Waals surface area contributed by atoms with Crippen molar-refractivity contribution in [3.05, 3.63) is 59.0 Å². The zero-order chi connectivity index (χ0) is 16.9. The van der Waals surface area contributed by atoms with E-state index in [0.717, 1.165) is 10.9 Å². The highest BCUT2D eigenvalue weighted by Crippen LogP contribution is 2.25. The minimum Gasteiger partial charge on any atom is -0.493 e. The van der Waals surface area contributed by atoms with Gasteiger partial charge in [0.2, 0.25) is 0 Å². The maximum absolute atomic E-state index is 12.3. The largest absolute Gasteiger partial charge is 0.493 e. The summed E-state index contributed by atoms with van der Waals surface area (Å²) in [6.45, 7) is 0.893. The standard InChI is InChI=1S/C18H18N2O4/c19-14-5-2-12(3-6-14)16-10-13-4-7-15(22-8-1-9-23-20)11-17(13)24-18(16)21/h2-7,10-11H,1,8-9,19-20H2. The molecular weight excluding hydrogens is 308 g/mol. The number of nitrogens with two attached hydrogens (primary N) is 2. The third-order valence-electron chi connectivity index (χ3n) is 3.60. The van der Waals surface area contributed by atoms with Crippen molar-refractivity contribution in [3.8, 4) is 16.9 Å². The maximum atomic E-state index is 12.3. The lowest BCUT2D eigenvalue weighted by Gasteiger charge is -2.07. The van der Waals surface area contributed by atoms with Crippen LogP contribution in [0.1, 0.15) is 6.42 Å². The van der Waals surface area contributed by atoms with E-state index in [4.69, 9.17) is 20.8 Å². The van der Waals surface area contributed by atoms with Gasteiger partial charge in [-0.05, 0) is 35.9 Å². The maximum Gasteiger partial charge on any atom is 0.344 e. The monoisotopic (exact) mass is 326 g/mol. The molecule has 0 unspecified atom stereocenters. The highest BCUT2D eigenvalue weighted by atomic mass is 16.6. The summed E-state index contributed by atoms with van der Waals surface area (Å²) in [5.41, 5.74) is 7.66. The molecule has 6 heteroatoms. The Kier molecular flexibility index (Phi) is 4.79. The molecule has 0 bridgehead atoms. The lowest BCUT2D eigenvalue weighted by atomic mass is 10.1. The molecule has 0 amide bonds. The summed E-state index contributed by atoms with van der Waals surface area (Å²) in [6.07, 6.45) is 0.675. The summed E-state index contributed by atoms with van der Waals surface area (Å²) < 4.78 is 11.0. The summed E-state index contributed by atoms with van der Waals surface area (Å²) in [4.78, 5) is 16.7. The molecule has 0 saturated carbocycles. The van der Waals surface area contributed by atoms with Crippen LogP contribution in [0.4, 0.5) is 5.69 Å². The second-order valence-electron chi connectivity index (χ2n) is 5.34. The molecule has 0 saturated heterocycles. The Morgan fingerprint density at radius 3 is 2.54 bits per heavy atom. The fourth-order valence-corrected chi connectivity index (χ4v) is 2.38. The van der Waals surface area contributed by atoms with E-state index in [2.05, 4.69) is 4.84 Å². The predicted molar refractivity (Wildman–Crippen MR) is 92.6 cm³/mol. The highest BCUT2D eigenvalue weighted by molar-refractivity contribution is 5.82. The van der Waals surface area contributed by atoms with E-state index in [9.17, 15) is 4.79 Å². The molecule has 0 aliphatic carbocycles. The fraction of sp³-hybridized carbons (Fsp3) is 0.167. The third kappa shape index (κ3) is 3.56. The normalized spacial score (nSPS) is 10.9. The smallest absolute Gasteiger partial charge is 0.344 e. The first kappa shape index (κ1) is 16.0. The number of hydrogen-bond acceptors (Lipinski definition) is 6. The van der Waals surface area contributed by atoms with Gasteiger partial charge in [-0.3, -0.25) is 0 Å². The second kappa shape index (κ2) is 7.16. The van der Waals surface area contributed by atoms with Crippen LogP contribution in [0.3, 0.4) is 0 Å². The molecule has 0 fully saturated rings. The van der Waals surface area contributed by atoms with Gasteiger partial charge >= 0.3 is 5.63 Å². The molecule has 0 aliphatic rings. The molecule has 2 aromatic carbocycles. The summed E-state index contributed by atoms with van der Waals surface area (Å²) in [6, 6.07) is 14.3. The van der Waals surface area contributed by atoms with Crippen LogP contribution in [0.15, 0.2) is 57.7 Å². The fourth-order valence-electron chi connectivity index (χ4n) is 2.38. The lowest BCUT2D eigenvalue weighted by molar-refractivity contribution is 0.122. The van der Waals surface area contributed by atoms with Crippen molar-refractivity contribution in [2.75, 3.05) is 18.9 Å². The van der Waals surface area contributed by atoms with E-state index in [0.29, 0.717) is 42.2 Å². The van der Waals surface area contributed by atoms with Gasteiger partial charge in [-0.1, -0.05) is 12.1 Å². The van der Waals surface area contributed by atoms with Gasteiger partial charge in [0.25, 0.3) is 0 Å². The Labute approximate surface area is 138 Å². The topological polar surface area (TPSA) is 101 Å². The molecule has 0 atom stereocenters. The summed E-state index contributed by atoms with van der Waals surface area (Å²) >= 11 is 0. The Morgan fingerprint density at radius 2 is 1.79 bits per heavy atom. The van der Waals surface area contributed by atoms with Crippen molar-refractivity contribution in [1.29, 1.82) is 0 Å². The average molecular weight is 326 g/mol. The van der Waals surface area contributed by atoms with Crippen LogP contribution in [-0.4, -0.2) is 13.2 Å². The minimum atomic E-state index is -0.402. The number of anilines is 1. The van der Waals surface area contributed by atoms with Gasteiger partial charge in [-0.25, -0.2) is 10.7 Å². The predicted octanol–water partition coefficient (Wildman–Crippen LogP) is 2.70. The van der Waals surface area contributed by atoms with Gasteiger partial charge in [0.05, 0.1) is 18.8 Å². The van der Waals surface area contributed by atoms with Gasteiger partial charge in [-0.2, -0.15) is 0 Å². The molecule has 3 rings (SSSR count). The van der Waals surface area contributed by atoms with Gasteiger partial charge in [-0.15, -0.1) is 0 Å². The van der Waals surface area contributed by atoms with E-state index in [1.165, 1.54) is 0 Å². The summed E-state index contributed by atoms with van der Waals surface area (Å²) in [5.74, 6) is 5.58. The molecule has 24 heavy (non-hydrogen) atoms. The van der Waals surface area contributed by atoms with Gasteiger partial charge in [0, 0.05) is 23.6 Å². The molecule has 124 valence electrons. The first-order valence-electron chi connectivity index (χ1n) is 7.55. The van der Waals surface area contributed by atoms with Gasteiger partial charge < -0.3 is 19.7 Å². The molecule has 3 aromatic rings. The van der Waals surface area contributed by atoms with Crippen LogP contribution in [0.5, 0.6) is 5.75 Å². The molecule has 0 spiro atoms. The van der Waals surface area contributed by atoms with E-state index in [1.54, 1.807) is 36.4 Å². The van der Waals surface area contributed by atoms with Gasteiger partial charge in [0.15, 0.2) is 0 Å². The van der Waals surface area contributed by atoms with Crippen molar-refractivity contribution >= 4 is 16.7 Å². The van der Waals surface area contributed by atoms with Crippen molar-refractivity contribution in [1.82, 2.24) is 0 Å².